The molecule has 1 N–H and O–H groups in total. The van der Waals surface area contributed by atoms with Crippen molar-refractivity contribution in [1.82, 2.24) is 15.0 Å². The van der Waals surface area contributed by atoms with Crippen LogP contribution >= 0.6 is 0 Å². The minimum absolute atomic E-state index is 0.115. The minimum atomic E-state index is -0.115. The van der Waals surface area contributed by atoms with Gasteiger partial charge in [-0.3, -0.25) is 14.8 Å². The van der Waals surface area contributed by atoms with Crippen LogP contribution in [0.3, 0.4) is 0 Å². The lowest BCUT2D eigenvalue weighted by Gasteiger charge is -2.01. The summed E-state index contributed by atoms with van der Waals surface area (Å²) in [6, 6.07) is 3.21. The highest BCUT2D eigenvalue weighted by molar-refractivity contribution is 5.59. The van der Waals surface area contributed by atoms with Gasteiger partial charge >= 0.3 is 0 Å². The molecule has 0 atom stereocenters. The Morgan fingerprint density at radius 2 is 2.00 bits per heavy atom. The minimum Gasteiger partial charge on any atom is -0.328 e. The van der Waals surface area contributed by atoms with Gasteiger partial charge in [-0.2, -0.15) is 0 Å². The number of hydrogen-bond acceptors (Lipinski definition) is 3. The van der Waals surface area contributed by atoms with E-state index in [-0.39, 0.29) is 5.56 Å². The molecule has 2 aromatic rings. The SMILES string of the molecule is Cc1nccnc1-c1ccc(=O)[nH]c1. The zero-order chi connectivity index (χ0) is 9.97. The molecule has 0 saturated heterocycles. The number of hydrogen-bond donors (Lipinski definition) is 1. The summed E-state index contributed by atoms with van der Waals surface area (Å²) in [5, 5.41) is 0. The fourth-order valence-electron chi connectivity index (χ4n) is 1.25. The van der Waals surface area contributed by atoms with E-state index in [1.54, 1.807) is 24.7 Å². The van der Waals surface area contributed by atoms with Crippen molar-refractivity contribution in [3.05, 3.63) is 46.8 Å². The van der Waals surface area contributed by atoms with Gasteiger partial charge in [0.05, 0.1) is 11.4 Å². The molecule has 2 heterocycles. The van der Waals surface area contributed by atoms with Crippen LogP contribution in [0.1, 0.15) is 5.69 Å². The van der Waals surface area contributed by atoms with Gasteiger partial charge in [0.25, 0.3) is 0 Å². The maximum Gasteiger partial charge on any atom is 0.247 e. The molecule has 0 spiro atoms. The van der Waals surface area contributed by atoms with Gasteiger partial charge in [-0.1, -0.05) is 0 Å². The van der Waals surface area contributed by atoms with Crippen LogP contribution in [-0.2, 0) is 0 Å². The molecule has 0 aromatic carbocycles. The predicted molar refractivity (Wildman–Crippen MR) is 52.8 cm³/mol. The molecule has 0 bridgehead atoms. The summed E-state index contributed by atoms with van der Waals surface area (Å²) >= 11 is 0. The Bertz CT molecular complexity index is 484. The van der Waals surface area contributed by atoms with E-state index in [1.165, 1.54) is 6.07 Å². The van der Waals surface area contributed by atoms with Crippen molar-refractivity contribution >= 4 is 0 Å². The average Bonchev–Trinajstić information content (AvgIpc) is 2.20. The Kier molecular flexibility index (Phi) is 2.10. The highest BCUT2D eigenvalue weighted by Crippen LogP contribution is 2.15. The van der Waals surface area contributed by atoms with Gasteiger partial charge in [-0.25, -0.2) is 0 Å². The number of H-pyrrole nitrogens is 1. The number of aromatic amines is 1. The largest absolute Gasteiger partial charge is 0.328 e. The van der Waals surface area contributed by atoms with E-state index in [1.807, 2.05) is 6.92 Å². The molecule has 0 saturated carbocycles. The normalized spacial score (nSPS) is 10.1. The first-order chi connectivity index (χ1) is 6.77. The van der Waals surface area contributed by atoms with Gasteiger partial charge in [0, 0.05) is 30.2 Å². The van der Waals surface area contributed by atoms with Crippen LogP contribution in [0.25, 0.3) is 11.3 Å². The Morgan fingerprint density at radius 3 is 2.64 bits per heavy atom. The Morgan fingerprint density at radius 1 is 1.21 bits per heavy atom. The first-order valence-electron chi connectivity index (χ1n) is 4.24. The number of nitrogens with zero attached hydrogens (tertiary/aromatic N) is 2. The molecule has 4 nitrogen and oxygen atoms in total. The maximum atomic E-state index is 10.8. The summed E-state index contributed by atoms with van der Waals surface area (Å²) in [5.74, 6) is 0. The first-order valence-corrected chi connectivity index (χ1v) is 4.24. The van der Waals surface area contributed by atoms with E-state index < -0.39 is 0 Å². The van der Waals surface area contributed by atoms with Gasteiger partial charge < -0.3 is 4.98 Å². The van der Waals surface area contributed by atoms with E-state index in [4.69, 9.17) is 0 Å². The molecule has 2 aromatic heterocycles. The van der Waals surface area contributed by atoms with Crippen LogP contribution < -0.4 is 5.56 Å². The summed E-state index contributed by atoms with van der Waals surface area (Å²) in [6.45, 7) is 1.88. The van der Waals surface area contributed by atoms with Crippen molar-refractivity contribution < 1.29 is 0 Å². The van der Waals surface area contributed by atoms with Crippen molar-refractivity contribution in [2.75, 3.05) is 0 Å². The second kappa shape index (κ2) is 3.41. The third kappa shape index (κ3) is 1.54. The van der Waals surface area contributed by atoms with Gasteiger partial charge in [0.2, 0.25) is 5.56 Å². The van der Waals surface area contributed by atoms with E-state index >= 15 is 0 Å². The van der Waals surface area contributed by atoms with E-state index in [2.05, 4.69) is 15.0 Å². The molecule has 4 heteroatoms. The highest BCUT2D eigenvalue weighted by Gasteiger charge is 2.02. The van der Waals surface area contributed by atoms with Crippen LogP contribution in [0.2, 0.25) is 0 Å². The van der Waals surface area contributed by atoms with Gasteiger partial charge in [-0.05, 0) is 13.0 Å². The predicted octanol–water partition coefficient (Wildman–Crippen LogP) is 1.14. The number of rotatable bonds is 1. The van der Waals surface area contributed by atoms with E-state index in [0.717, 1.165) is 17.0 Å². The molecule has 0 aliphatic rings. The van der Waals surface area contributed by atoms with Gasteiger partial charge in [-0.15, -0.1) is 0 Å². The molecule has 0 aliphatic carbocycles. The number of pyridine rings is 1. The number of aromatic nitrogens is 3. The lowest BCUT2D eigenvalue weighted by atomic mass is 10.2. The summed E-state index contributed by atoms with van der Waals surface area (Å²) in [5.41, 5.74) is 2.40. The average molecular weight is 187 g/mol. The molecule has 70 valence electrons. The van der Waals surface area contributed by atoms with Crippen LogP contribution in [0.4, 0.5) is 0 Å². The van der Waals surface area contributed by atoms with Gasteiger partial charge in [0.1, 0.15) is 0 Å². The number of aryl methyl sites for hydroxylation is 1. The molecule has 0 aliphatic heterocycles. The smallest absolute Gasteiger partial charge is 0.247 e. The van der Waals surface area contributed by atoms with Gasteiger partial charge in [0.15, 0.2) is 0 Å². The first kappa shape index (κ1) is 8.62. The fourth-order valence-corrected chi connectivity index (χ4v) is 1.25. The third-order valence-corrected chi connectivity index (χ3v) is 1.94. The summed E-state index contributed by atoms with van der Waals surface area (Å²) in [4.78, 5) is 21.8. The van der Waals surface area contributed by atoms with Crippen molar-refractivity contribution in [2.45, 2.75) is 6.92 Å². The van der Waals surface area contributed by atoms with Crippen molar-refractivity contribution in [3.8, 4) is 11.3 Å². The lowest BCUT2D eigenvalue weighted by molar-refractivity contribution is 1.11. The summed E-state index contributed by atoms with van der Waals surface area (Å²) in [6.07, 6.45) is 4.91. The fraction of sp³-hybridized carbons (Fsp3) is 0.100. The molecular formula is C10H9N3O. The summed E-state index contributed by atoms with van der Waals surface area (Å²) in [7, 11) is 0. The number of nitrogens with one attached hydrogen (secondary N) is 1. The van der Waals surface area contributed by atoms with E-state index in [0.29, 0.717) is 0 Å². The molecule has 0 unspecified atom stereocenters. The molecule has 0 fully saturated rings. The van der Waals surface area contributed by atoms with Crippen molar-refractivity contribution in [3.63, 3.8) is 0 Å². The molecule has 2 rings (SSSR count). The zero-order valence-corrected chi connectivity index (χ0v) is 7.69. The molecule has 14 heavy (non-hydrogen) atoms. The highest BCUT2D eigenvalue weighted by atomic mass is 16.1. The Balaban J connectivity index is 2.55. The Labute approximate surface area is 80.7 Å². The second-order valence-corrected chi connectivity index (χ2v) is 2.93. The maximum absolute atomic E-state index is 10.8. The zero-order valence-electron chi connectivity index (χ0n) is 7.69. The summed E-state index contributed by atoms with van der Waals surface area (Å²) < 4.78 is 0. The van der Waals surface area contributed by atoms with Crippen molar-refractivity contribution in [1.29, 1.82) is 0 Å². The van der Waals surface area contributed by atoms with Crippen LogP contribution in [0.15, 0.2) is 35.5 Å². The molecular weight excluding hydrogens is 178 g/mol. The topological polar surface area (TPSA) is 58.6 Å². The Hall–Kier alpha value is -1.97. The molecule has 0 radical (unpaired) electrons. The quantitative estimate of drug-likeness (QED) is 0.728. The van der Waals surface area contributed by atoms with Crippen LogP contribution in [0.5, 0.6) is 0 Å². The monoisotopic (exact) mass is 187 g/mol. The third-order valence-electron chi connectivity index (χ3n) is 1.94. The van der Waals surface area contributed by atoms with Crippen LogP contribution in [0, 0.1) is 6.92 Å². The standard InChI is InChI=1S/C10H9N3O/c1-7-10(12-5-4-11-7)8-2-3-9(14)13-6-8/h2-6H,1H3,(H,13,14). The van der Waals surface area contributed by atoms with E-state index in [9.17, 15) is 4.79 Å². The van der Waals surface area contributed by atoms with Crippen LogP contribution in [-0.4, -0.2) is 15.0 Å². The lowest BCUT2D eigenvalue weighted by Crippen LogP contribution is -2.02. The molecule has 0 amide bonds. The second-order valence-electron chi connectivity index (χ2n) is 2.93. The van der Waals surface area contributed by atoms with Crippen molar-refractivity contribution in [2.24, 2.45) is 0 Å².